The van der Waals surface area contributed by atoms with Gasteiger partial charge in [0, 0.05) is 22.0 Å². The third kappa shape index (κ3) is 4.45. The maximum Gasteiger partial charge on any atom is 0.268 e. The van der Waals surface area contributed by atoms with Crippen molar-refractivity contribution in [1.82, 2.24) is 9.78 Å². The SMILES string of the molecule is COc1ccc(C2=NOC(C(=O)Nc3c(C)nn(Cc4c(Cl)cccc4Cl)c3C)C2)cc1. The smallest absolute Gasteiger partial charge is 0.268 e. The first-order chi connectivity index (χ1) is 15.4. The molecule has 1 unspecified atom stereocenters. The molecule has 0 fully saturated rings. The summed E-state index contributed by atoms with van der Waals surface area (Å²) in [4.78, 5) is 18.3. The summed E-state index contributed by atoms with van der Waals surface area (Å²) in [6.07, 6.45) is -0.341. The number of anilines is 1. The van der Waals surface area contributed by atoms with E-state index in [1.54, 1.807) is 30.0 Å². The van der Waals surface area contributed by atoms with Gasteiger partial charge in [-0.15, -0.1) is 0 Å². The number of carbonyl (C=O) groups is 1. The number of hydrogen-bond acceptors (Lipinski definition) is 5. The molecule has 1 aliphatic rings. The molecular weight excluding hydrogens is 451 g/mol. The average molecular weight is 473 g/mol. The van der Waals surface area contributed by atoms with Gasteiger partial charge in [0.1, 0.15) is 5.75 Å². The number of oxime groups is 1. The highest BCUT2D eigenvalue weighted by molar-refractivity contribution is 6.36. The molecule has 0 saturated carbocycles. The third-order valence-corrected chi connectivity index (χ3v) is 6.09. The summed E-state index contributed by atoms with van der Waals surface area (Å²) in [5, 5.41) is 12.7. The van der Waals surface area contributed by atoms with E-state index in [1.165, 1.54) is 0 Å². The molecule has 0 spiro atoms. The molecule has 1 amide bonds. The van der Waals surface area contributed by atoms with Crippen molar-refractivity contribution < 1.29 is 14.4 Å². The Morgan fingerprint density at radius 3 is 2.53 bits per heavy atom. The molecule has 0 saturated heterocycles. The standard InChI is InChI=1S/C23H22Cl2N4O3/c1-13-22(14(2)29(27-13)12-17-18(24)5-4-6-19(17)25)26-23(30)21-11-20(28-32-21)15-7-9-16(31-3)10-8-15/h4-10,21H,11-12H2,1-3H3,(H,26,30). The number of aromatic nitrogens is 2. The number of hydrogen-bond donors (Lipinski definition) is 1. The molecular formula is C23H22Cl2N4O3. The van der Waals surface area contributed by atoms with E-state index in [9.17, 15) is 4.79 Å². The van der Waals surface area contributed by atoms with Crippen molar-refractivity contribution in [3.05, 3.63) is 75.0 Å². The van der Waals surface area contributed by atoms with E-state index in [0.29, 0.717) is 40.1 Å². The van der Waals surface area contributed by atoms with Gasteiger partial charge in [-0.3, -0.25) is 9.48 Å². The number of nitrogens with zero attached hydrogens (tertiary/aromatic N) is 3. The minimum absolute atomic E-state index is 0.279. The summed E-state index contributed by atoms with van der Waals surface area (Å²) in [5.41, 5.74) is 4.49. The van der Waals surface area contributed by atoms with E-state index in [-0.39, 0.29) is 5.91 Å². The van der Waals surface area contributed by atoms with Crippen molar-refractivity contribution in [2.45, 2.75) is 32.9 Å². The Bertz CT molecular complexity index is 1170. The molecule has 3 aromatic rings. The van der Waals surface area contributed by atoms with E-state index >= 15 is 0 Å². The third-order valence-electron chi connectivity index (χ3n) is 5.38. The lowest BCUT2D eigenvalue weighted by Gasteiger charge is -2.11. The van der Waals surface area contributed by atoms with Crippen LogP contribution in [0.4, 0.5) is 5.69 Å². The van der Waals surface area contributed by atoms with Crippen LogP contribution in [0.3, 0.4) is 0 Å². The predicted octanol–water partition coefficient (Wildman–Crippen LogP) is 5.00. The summed E-state index contributed by atoms with van der Waals surface area (Å²) < 4.78 is 6.95. The van der Waals surface area contributed by atoms with Gasteiger partial charge in [0.15, 0.2) is 0 Å². The van der Waals surface area contributed by atoms with Crippen LogP contribution in [0.2, 0.25) is 10.0 Å². The number of methoxy groups -OCH3 is 1. The van der Waals surface area contributed by atoms with Crippen LogP contribution < -0.4 is 10.1 Å². The molecule has 7 nitrogen and oxygen atoms in total. The topological polar surface area (TPSA) is 77.7 Å². The number of ether oxygens (including phenoxy) is 1. The van der Waals surface area contributed by atoms with Crippen LogP contribution in [0.1, 0.15) is 28.9 Å². The molecule has 1 aliphatic heterocycles. The number of halogens is 2. The average Bonchev–Trinajstić information content (AvgIpc) is 3.38. The summed E-state index contributed by atoms with van der Waals surface area (Å²) >= 11 is 12.6. The van der Waals surface area contributed by atoms with E-state index in [1.807, 2.05) is 38.1 Å². The molecule has 32 heavy (non-hydrogen) atoms. The van der Waals surface area contributed by atoms with Gasteiger partial charge in [0.2, 0.25) is 6.10 Å². The summed E-state index contributed by atoms with van der Waals surface area (Å²) in [6, 6.07) is 12.8. The molecule has 9 heteroatoms. The van der Waals surface area contributed by atoms with Crippen molar-refractivity contribution in [3.8, 4) is 5.75 Å². The Morgan fingerprint density at radius 1 is 1.19 bits per heavy atom. The lowest BCUT2D eigenvalue weighted by atomic mass is 10.0. The van der Waals surface area contributed by atoms with E-state index in [2.05, 4.69) is 15.6 Å². The first-order valence-electron chi connectivity index (χ1n) is 10.0. The second kappa shape index (κ2) is 9.22. The molecule has 2 heterocycles. The maximum absolute atomic E-state index is 12.9. The monoisotopic (exact) mass is 472 g/mol. The van der Waals surface area contributed by atoms with Crippen molar-refractivity contribution in [2.75, 3.05) is 12.4 Å². The quantitative estimate of drug-likeness (QED) is 0.547. The minimum Gasteiger partial charge on any atom is -0.497 e. The van der Waals surface area contributed by atoms with Crippen LogP contribution in [0.25, 0.3) is 0 Å². The van der Waals surface area contributed by atoms with Gasteiger partial charge in [-0.25, -0.2) is 0 Å². The van der Waals surface area contributed by atoms with E-state index < -0.39 is 6.10 Å². The molecule has 2 aromatic carbocycles. The number of aryl methyl sites for hydroxylation is 1. The number of carbonyl (C=O) groups excluding carboxylic acids is 1. The molecule has 1 atom stereocenters. The second-order valence-electron chi connectivity index (χ2n) is 7.46. The van der Waals surface area contributed by atoms with Crippen LogP contribution in [0.15, 0.2) is 47.6 Å². The van der Waals surface area contributed by atoms with Crippen molar-refractivity contribution >= 4 is 40.5 Å². The van der Waals surface area contributed by atoms with Gasteiger partial charge in [0.25, 0.3) is 5.91 Å². The van der Waals surface area contributed by atoms with Crippen LogP contribution in [0.5, 0.6) is 5.75 Å². The molecule has 0 radical (unpaired) electrons. The Labute approximate surface area is 195 Å². The lowest BCUT2D eigenvalue weighted by Crippen LogP contribution is -2.28. The van der Waals surface area contributed by atoms with Crippen LogP contribution in [-0.2, 0) is 16.2 Å². The summed E-state index contributed by atoms with van der Waals surface area (Å²) in [6.45, 7) is 4.11. The van der Waals surface area contributed by atoms with E-state index in [0.717, 1.165) is 22.6 Å². The molecule has 0 bridgehead atoms. The molecule has 1 N–H and O–H groups in total. The minimum atomic E-state index is -0.715. The van der Waals surface area contributed by atoms with Gasteiger partial charge >= 0.3 is 0 Å². The fourth-order valence-corrected chi connectivity index (χ4v) is 4.06. The Kier molecular flexibility index (Phi) is 6.39. The van der Waals surface area contributed by atoms with Crippen LogP contribution >= 0.6 is 23.2 Å². The van der Waals surface area contributed by atoms with Crippen molar-refractivity contribution in [2.24, 2.45) is 5.16 Å². The number of benzene rings is 2. The Hall–Kier alpha value is -3.03. The zero-order valence-electron chi connectivity index (χ0n) is 17.9. The zero-order chi connectivity index (χ0) is 22.8. The zero-order valence-corrected chi connectivity index (χ0v) is 19.4. The lowest BCUT2D eigenvalue weighted by molar-refractivity contribution is -0.125. The maximum atomic E-state index is 12.9. The predicted molar refractivity (Wildman–Crippen MR) is 125 cm³/mol. The first-order valence-corrected chi connectivity index (χ1v) is 10.8. The summed E-state index contributed by atoms with van der Waals surface area (Å²) in [5.74, 6) is 0.474. The van der Waals surface area contributed by atoms with Gasteiger partial charge in [-0.2, -0.15) is 5.10 Å². The molecule has 4 rings (SSSR count). The largest absolute Gasteiger partial charge is 0.497 e. The first kappa shape index (κ1) is 22.2. The van der Waals surface area contributed by atoms with Gasteiger partial charge in [-0.1, -0.05) is 34.4 Å². The molecule has 0 aliphatic carbocycles. The highest BCUT2D eigenvalue weighted by Gasteiger charge is 2.30. The Balaban J connectivity index is 1.45. The second-order valence-corrected chi connectivity index (χ2v) is 8.27. The Morgan fingerprint density at radius 2 is 1.88 bits per heavy atom. The van der Waals surface area contributed by atoms with Crippen LogP contribution in [-0.4, -0.2) is 34.6 Å². The number of amides is 1. The normalized spacial score (nSPS) is 15.3. The fraction of sp³-hybridized carbons (Fsp3) is 0.261. The summed E-state index contributed by atoms with van der Waals surface area (Å²) in [7, 11) is 1.61. The fourth-order valence-electron chi connectivity index (χ4n) is 3.54. The van der Waals surface area contributed by atoms with Gasteiger partial charge in [0.05, 0.1) is 36.4 Å². The van der Waals surface area contributed by atoms with Gasteiger partial charge < -0.3 is 14.9 Å². The van der Waals surface area contributed by atoms with E-state index in [4.69, 9.17) is 32.8 Å². The highest BCUT2D eigenvalue weighted by atomic mass is 35.5. The molecule has 166 valence electrons. The number of rotatable bonds is 6. The van der Waals surface area contributed by atoms with Crippen molar-refractivity contribution in [1.29, 1.82) is 0 Å². The molecule has 1 aromatic heterocycles. The number of nitrogens with one attached hydrogen (secondary N) is 1. The highest BCUT2D eigenvalue weighted by Crippen LogP contribution is 2.28. The van der Waals surface area contributed by atoms with Crippen molar-refractivity contribution in [3.63, 3.8) is 0 Å². The van der Waals surface area contributed by atoms with Gasteiger partial charge in [-0.05, 0) is 55.8 Å². The van der Waals surface area contributed by atoms with Crippen LogP contribution in [0, 0.1) is 13.8 Å².